The number of rotatable bonds is 8. The molecule has 0 atom stereocenters. The zero-order valence-electron chi connectivity index (χ0n) is 19.5. The number of carbonyl (C=O) groups excluding carboxylic acids is 1. The number of benzene rings is 2. The Kier molecular flexibility index (Phi) is 8.05. The van der Waals surface area contributed by atoms with Gasteiger partial charge in [-0.2, -0.15) is 4.31 Å². The lowest BCUT2D eigenvalue weighted by Crippen LogP contribution is -2.38. The van der Waals surface area contributed by atoms with Crippen LogP contribution in [0.25, 0.3) is 0 Å². The quantitative estimate of drug-likeness (QED) is 0.450. The number of nitrogens with zero attached hydrogens (tertiary/aromatic N) is 2. The number of nitrogens with one attached hydrogen (secondary N) is 1. The van der Waals surface area contributed by atoms with Crippen molar-refractivity contribution in [1.29, 1.82) is 0 Å². The minimum Gasteiger partial charge on any atom is -0.492 e. The third-order valence-electron chi connectivity index (χ3n) is 6.00. The van der Waals surface area contributed by atoms with Crippen molar-refractivity contribution in [2.45, 2.75) is 30.6 Å². The van der Waals surface area contributed by atoms with E-state index in [9.17, 15) is 13.2 Å². The lowest BCUT2D eigenvalue weighted by atomic mass is 9.90. The van der Waals surface area contributed by atoms with Crippen LogP contribution >= 0.6 is 11.6 Å². The van der Waals surface area contributed by atoms with Gasteiger partial charge in [0.05, 0.1) is 22.7 Å². The van der Waals surface area contributed by atoms with E-state index in [2.05, 4.69) is 10.3 Å². The first-order chi connectivity index (χ1) is 16.8. The Bertz CT molecular complexity index is 1260. The normalized spacial score (nSPS) is 15.0. The standard InChI is InChI=1S/C26H28ClN3O4S/c1-19-7-12-24(26(31)28-15-18-34-22-5-3-2-4-6-22)25(29-19)20-13-16-30(17-14-20)35(32,33)23-10-8-21(27)9-11-23/h2-12,20H,13-18H2,1H3,(H,28,31). The minimum atomic E-state index is -3.60. The van der Waals surface area contributed by atoms with Crippen LogP contribution in [0.2, 0.25) is 5.02 Å². The molecule has 1 fully saturated rings. The number of para-hydroxylation sites is 1. The van der Waals surface area contributed by atoms with Gasteiger partial charge in [0.15, 0.2) is 0 Å². The first-order valence-electron chi connectivity index (χ1n) is 11.5. The number of piperidine rings is 1. The van der Waals surface area contributed by atoms with E-state index in [4.69, 9.17) is 16.3 Å². The molecule has 0 aliphatic carbocycles. The molecule has 7 nitrogen and oxygen atoms in total. The summed E-state index contributed by atoms with van der Waals surface area (Å²) in [4.78, 5) is 17.8. The first kappa shape index (κ1) is 25.2. The monoisotopic (exact) mass is 513 g/mol. The highest BCUT2D eigenvalue weighted by Gasteiger charge is 2.32. The number of aryl methyl sites for hydroxylation is 1. The van der Waals surface area contributed by atoms with Crippen molar-refractivity contribution in [3.63, 3.8) is 0 Å². The average Bonchev–Trinajstić information content (AvgIpc) is 2.87. The van der Waals surface area contributed by atoms with Crippen LogP contribution in [0.3, 0.4) is 0 Å². The maximum absolute atomic E-state index is 13.0. The fourth-order valence-electron chi connectivity index (χ4n) is 4.15. The Morgan fingerprint density at radius 2 is 1.74 bits per heavy atom. The molecule has 4 rings (SSSR count). The summed E-state index contributed by atoms with van der Waals surface area (Å²) in [6, 6.07) is 19.2. The van der Waals surface area contributed by atoms with Gasteiger partial charge in [-0.25, -0.2) is 8.42 Å². The van der Waals surface area contributed by atoms with Gasteiger partial charge in [0.25, 0.3) is 5.91 Å². The summed E-state index contributed by atoms with van der Waals surface area (Å²) in [7, 11) is -3.60. The van der Waals surface area contributed by atoms with Gasteiger partial charge in [0.1, 0.15) is 12.4 Å². The van der Waals surface area contributed by atoms with E-state index in [1.54, 1.807) is 18.2 Å². The van der Waals surface area contributed by atoms with Crippen molar-refractivity contribution >= 4 is 27.5 Å². The van der Waals surface area contributed by atoms with E-state index in [1.165, 1.54) is 16.4 Å². The molecule has 2 aromatic carbocycles. The molecule has 0 unspecified atom stereocenters. The molecule has 1 saturated heterocycles. The molecule has 184 valence electrons. The van der Waals surface area contributed by atoms with Crippen LogP contribution < -0.4 is 10.1 Å². The third kappa shape index (κ3) is 6.20. The highest BCUT2D eigenvalue weighted by molar-refractivity contribution is 7.89. The van der Waals surface area contributed by atoms with Gasteiger partial charge in [0.2, 0.25) is 10.0 Å². The lowest BCUT2D eigenvalue weighted by molar-refractivity contribution is 0.0944. The molecule has 0 saturated carbocycles. The summed E-state index contributed by atoms with van der Waals surface area (Å²) in [6.07, 6.45) is 1.17. The van der Waals surface area contributed by atoms with Crippen molar-refractivity contribution in [2.24, 2.45) is 0 Å². The molecule has 2 heterocycles. The van der Waals surface area contributed by atoms with Crippen LogP contribution in [-0.4, -0.2) is 49.9 Å². The van der Waals surface area contributed by atoms with Crippen molar-refractivity contribution in [3.05, 3.63) is 88.7 Å². The number of halogens is 1. The van der Waals surface area contributed by atoms with Gasteiger partial charge < -0.3 is 10.1 Å². The summed E-state index contributed by atoms with van der Waals surface area (Å²) in [5, 5.41) is 3.40. The fourth-order valence-corrected chi connectivity index (χ4v) is 5.75. The maximum atomic E-state index is 13.0. The van der Waals surface area contributed by atoms with Crippen molar-refractivity contribution in [3.8, 4) is 5.75 Å². The van der Waals surface area contributed by atoms with Gasteiger partial charge >= 0.3 is 0 Å². The number of sulfonamides is 1. The zero-order valence-corrected chi connectivity index (χ0v) is 21.1. The van der Waals surface area contributed by atoms with Crippen molar-refractivity contribution in [1.82, 2.24) is 14.6 Å². The van der Waals surface area contributed by atoms with Crippen LogP contribution in [0.15, 0.2) is 71.6 Å². The topological polar surface area (TPSA) is 88.6 Å². The molecule has 1 N–H and O–H groups in total. The fraction of sp³-hybridized carbons (Fsp3) is 0.308. The van der Waals surface area contributed by atoms with Crippen molar-refractivity contribution < 1.29 is 17.9 Å². The largest absolute Gasteiger partial charge is 0.492 e. The Balaban J connectivity index is 1.39. The molecule has 35 heavy (non-hydrogen) atoms. The molecule has 0 radical (unpaired) electrons. The smallest absolute Gasteiger partial charge is 0.253 e. The highest BCUT2D eigenvalue weighted by atomic mass is 35.5. The van der Waals surface area contributed by atoms with E-state index in [0.717, 1.165) is 17.1 Å². The number of hydrogen-bond acceptors (Lipinski definition) is 5. The van der Waals surface area contributed by atoms with Crippen LogP contribution in [-0.2, 0) is 10.0 Å². The predicted molar refractivity (Wildman–Crippen MR) is 135 cm³/mol. The van der Waals surface area contributed by atoms with E-state index < -0.39 is 10.0 Å². The molecule has 9 heteroatoms. The summed E-state index contributed by atoms with van der Waals surface area (Å²) in [6.45, 7) is 3.32. The van der Waals surface area contributed by atoms with Crippen LogP contribution in [0.1, 0.15) is 40.5 Å². The molecule has 3 aromatic rings. The van der Waals surface area contributed by atoms with E-state index in [1.807, 2.05) is 43.3 Å². The summed E-state index contributed by atoms with van der Waals surface area (Å²) in [5.74, 6) is 0.535. The number of ether oxygens (including phenoxy) is 1. The molecule has 1 amide bonds. The van der Waals surface area contributed by atoms with E-state index in [-0.39, 0.29) is 16.7 Å². The zero-order chi connectivity index (χ0) is 24.8. The summed E-state index contributed by atoms with van der Waals surface area (Å²) >= 11 is 5.90. The molecule has 0 bridgehead atoms. The Hall–Kier alpha value is -2.94. The van der Waals surface area contributed by atoms with Gasteiger partial charge in [-0.15, -0.1) is 0 Å². The van der Waals surface area contributed by atoms with Gasteiger partial charge in [-0.3, -0.25) is 9.78 Å². The van der Waals surface area contributed by atoms with Crippen LogP contribution in [0, 0.1) is 6.92 Å². The van der Waals surface area contributed by atoms with E-state index >= 15 is 0 Å². The predicted octanol–water partition coefficient (Wildman–Crippen LogP) is 4.42. The average molecular weight is 514 g/mol. The second-order valence-corrected chi connectivity index (χ2v) is 10.8. The lowest BCUT2D eigenvalue weighted by Gasteiger charge is -2.31. The minimum absolute atomic E-state index is 0.00659. The Morgan fingerprint density at radius 1 is 1.06 bits per heavy atom. The number of pyridine rings is 1. The van der Waals surface area contributed by atoms with Gasteiger partial charge in [0, 0.05) is 29.7 Å². The molecular formula is C26H28ClN3O4S. The highest BCUT2D eigenvalue weighted by Crippen LogP contribution is 2.32. The Morgan fingerprint density at radius 3 is 2.43 bits per heavy atom. The van der Waals surface area contributed by atoms with Crippen molar-refractivity contribution in [2.75, 3.05) is 26.2 Å². The van der Waals surface area contributed by atoms with Gasteiger partial charge in [-0.1, -0.05) is 29.8 Å². The number of aromatic nitrogens is 1. The number of amides is 1. The van der Waals surface area contributed by atoms with Gasteiger partial charge in [-0.05, 0) is 68.3 Å². The molecular weight excluding hydrogens is 486 g/mol. The van der Waals surface area contributed by atoms with Crippen LogP contribution in [0.4, 0.5) is 0 Å². The Labute approximate surface area is 211 Å². The maximum Gasteiger partial charge on any atom is 0.253 e. The molecule has 1 aliphatic rings. The first-order valence-corrected chi connectivity index (χ1v) is 13.4. The summed E-state index contributed by atoms with van der Waals surface area (Å²) in [5.41, 5.74) is 2.06. The number of hydrogen-bond donors (Lipinski definition) is 1. The SMILES string of the molecule is Cc1ccc(C(=O)NCCOc2ccccc2)c(C2CCN(S(=O)(=O)c3ccc(Cl)cc3)CC2)n1. The van der Waals surface area contributed by atoms with E-state index in [0.29, 0.717) is 49.7 Å². The second-order valence-electron chi connectivity index (χ2n) is 8.44. The number of carbonyl (C=O) groups is 1. The third-order valence-corrected chi connectivity index (χ3v) is 8.17. The molecule has 1 aliphatic heterocycles. The second kappa shape index (κ2) is 11.2. The summed E-state index contributed by atoms with van der Waals surface area (Å²) < 4.78 is 33.2. The molecule has 0 spiro atoms. The molecule has 1 aromatic heterocycles. The van der Waals surface area contributed by atoms with Crippen LogP contribution in [0.5, 0.6) is 5.75 Å².